The average Bonchev–Trinajstić information content (AvgIpc) is 2.83. The van der Waals surface area contributed by atoms with Gasteiger partial charge in [0.25, 0.3) is 0 Å². The van der Waals surface area contributed by atoms with E-state index in [-0.39, 0.29) is 6.04 Å². The largest absolute Gasteiger partial charge is 0.492 e. The molecule has 1 N–H and O–H groups in total. The van der Waals surface area contributed by atoms with Crippen LogP contribution in [0.15, 0.2) is 28.9 Å². The lowest BCUT2D eigenvalue weighted by Gasteiger charge is -2.19. The molecule has 3 nitrogen and oxygen atoms in total. The molecule has 2 rings (SSSR count). The quantitative estimate of drug-likeness (QED) is 0.875. The first kappa shape index (κ1) is 15.2. The highest BCUT2D eigenvalue weighted by Crippen LogP contribution is 2.37. The van der Waals surface area contributed by atoms with Gasteiger partial charge in [-0.3, -0.25) is 0 Å². The van der Waals surface area contributed by atoms with Crippen molar-refractivity contribution in [1.29, 1.82) is 0 Å². The topological polar surface area (TPSA) is 34.4 Å². The molecular weight excluding hydrogens is 297 g/mol. The summed E-state index contributed by atoms with van der Waals surface area (Å²) in [7, 11) is 1.87. The molecule has 1 aromatic heterocycles. The SMILES string of the molecule is CCOc1cc(Cl)c(C(NC)c2ccoc2C)cc1Cl. The van der Waals surface area contributed by atoms with Crippen LogP contribution in [0.4, 0.5) is 0 Å². The number of aryl methyl sites for hydroxylation is 1. The molecule has 0 fully saturated rings. The summed E-state index contributed by atoms with van der Waals surface area (Å²) >= 11 is 12.6. The average molecular weight is 314 g/mol. The molecule has 1 aromatic carbocycles. The Kier molecular flexibility index (Phi) is 4.97. The standard InChI is InChI=1S/C15H17Cl2NO2/c1-4-19-14-8-12(16)11(7-13(14)17)15(18-3)10-5-6-20-9(10)2/h5-8,15,18H,4H2,1-3H3. The third-order valence-electron chi connectivity index (χ3n) is 3.16. The number of hydrogen-bond donors (Lipinski definition) is 1. The van der Waals surface area contributed by atoms with Gasteiger partial charge < -0.3 is 14.5 Å². The van der Waals surface area contributed by atoms with Crippen LogP contribution in [0, 0.1) is 6.92 Å². The lowest BCUT2D eigenvalue weighted by atomic mass is 9.99. The number of benzene rings is 1. The van der Waals surface area contributed by atoms with E-state index in [1.165, 1.54) is 0 Å². The summed E-state index contributed by atoms with van der Waals surface area (Å²) in [5.74, 6) is 1.45. The third kappa shape index (κ3) is 2.95. The number of rotatable bonds is 5. The van der Waals surface area contributed by atoms with E-state index >= 15 is 0 Å². The zero-order chi connectivity index (χ0) is 14.7. The van der Waals surface area contributed by atoms with E-state index in [4.69, 9.17) is 32.4 Å². The Morgan fingerprint density at radius 1 is 1.25 bits per heavy atom. The van der Waals surface area contributed by atoms with Gasteiger partial charge in [-0.25, -0.2) is 0 Å². The van der Waals surface area contributed by atoms with Gasteiger partial charge in [0.1, 0.15) is 11.5 Å². The van der Waals surface area contributed by atoms with Crippen molar-refractivity contribution < 1.29 is 9.15 Å². The summed E-state index contributed by atoms with van der Waals surface area (Å²) in [6.07, 6.45) is 1.67. The Morgan fingerprint density at radius 3 is 2.55 bits per heavy atom. The zero-order valence-corrected chi connectivity index (χ0v) is 13.2. The molecule has 0 aliphatic heterocycles. The molecule has 2 aromatic rings. The van der Waals surface area contributed by atoms with Gasteiger partial charge in [0.2, 0.25) is 0 Å². The van der Waals surface area contributed by atoms with Gasteiger partial charge in [-0.2, -0.15) is 0 Å². The fourth-order valence-electron chi connectivity index (χ4n) is 2.20. The summed E-state index contributed by atoms with van der Waals surface area (Å²) in [5, 5.41) is 4.40. The van der Waals surface area contributed by atoms with Crippen molar-refractivity contribution in [3.8, 4) is 5.75 Å². The molecule has 0 saturated carbocycles. The first-order valence-corrected chi connectivity index (χ1v) is 7.17. The summed E-state index contributed by atoms with van der Waals surface area (Å²) in [6.45, 7) is 4.37. The molecule has 0 spiro atoms. The van der Waals surface area contributed by atoms with E-state index in [9.17, 15) is 0 Å². The zero-order valence-electron chi connectivity index (χ0n) is 11.7. The molecule has 0 bridgehead atoms. The van der Waals surface area contributed by atoms with Crippen molar-refractivity contribution >= 4 is 23.2 Å². The van der Waals surface area contributed by atoms with Crippen LogP contribution in [0.2, 0.25) is 10.0 Å². The maximum Gasteiger partial charge on any atom is 0.139 e. The predicted molar refractivity (Wildman–Crippen MR) is 82.0 cm³/mol. The van der Waals surface area contributed by atoms with Crippen molar-refractivity contribution in [2.24, 2.45) is 0 Å². The van der Waals surface area contributed by atoms with Gasteiger partial charge >= 0.3 is 0 Å². The summed E-state index contributed by atoms with van der Waals surface area (Å²) < 4.78 is 10.8. The maximum atomic E-state index is 6.37. The highest BCUT2D eigenvalue weighted by molar-refractivity contribution is 6.34. The Hall–Kier alpha value is -1.16. The van der Waals surface area contributed by atoms with Crippen LogP contribution in [0.5, 0.6) is 5.75 Å². The molecule has 1 heterocycles. The second kappa shape index (κ2) is 6.53. The second-order valence-corrected chi connectivity index (χ2v) is 5.21. The number of ether oxygens (including phenoxy) is 1. The number of nitrogens with one attached hydrogen (secondary N) is 1. The Labute approximate surface area is 128 Å². The van der Waals surface area contributed by atoms with Crippen LogP contribution in [-0.2, 0) is 0 Å². The first-order valence-electron chi connectivity index (χ1n) is 6.41. The van der Waals surface area contributed by atoms with Gasteiger partial charge in [0, 0.05) is 16.7 Å². The number of furan rings is 1. The fraction of sp³-hybridized carbons (Fsp3) is 0.333. The molecule has 108 valence electrons. The minimum absolute atomic E-state index is 0.0746. The molecule has 0 amide bonds. The summed E-state index contributed by atoms with van der Waals surface area (Å²) in [6, 6.07) is 5.44. The molecule has 1 unspecified atom stereocenters. The Morgan fingerprint density at radius 2 is 2.00 bits per heavy atom. The van der Waals surface area contributed by atoms with E-state index in [1.807, 2.05) is 33.0 Å². The monoisotopic (exact) mass is 313 g/mol. The van der Waals surface area contributed by atoms with Crippen molar-refractivity contribution in [2.75, 3.05) is 13.7 Å². The van der Waals surface area contributed by atoms with E-state index in [1.54, 1.807) is 12.3 Å². The number of halogens is 2. The van der Waals surface area contributed by atoms with Crippen LogP contribution >= 0.6 is 23.2 Å². The van der Waals surface area contributed by atoms with Crippen LogP contribution in [0.3, 0.4) is 0 Å². The van der Waals surface area contributed by atoms with Crippen molar-refractivity contribution in [2.45, 2.75) is 19.9 Å². The van der Waals surface area contributed by atoms with Gasteiger partial charge in [0.05, 0.1) is 23.9 Å². The van der Waals surface area contributed by atoms with Crippen LogP contribution in [0.1, 0.15) is 29.9 Å². The van der Waals surface area contributed by atoms with Crippen molar-refractivity contribution in [3.05, 3.63) is 51.4 Å². The molecule has 1 atom stereocenters. The van der Waals surface area contributed by atoms with E-state index < -0.39 is 0 Å². The summed E-state index contributed by atoms with van der Waals surface area (Å²) in [4.78, 5) is 0. The number of hydrogen-bond acceptors (Lipinski definition) is 3. The molecule has 20 heavy (non-hydrogen) atoms. The van der Waals surface area contributed by atoms with Gasteiger partial charge in [-0.05, 0) is 38.6 Å². The highest BCUT2D eigenvalue weighted by atomic mass is 35.5. The highest BCUT2D eigenvalue weighted by Gasteiger charge is 2.20. The lowest BCUT2D eigenvalue weighted by Crippen LogP contribution is -2.18. The van der Waals surface area contributed by atoms with Crippen molar-refractivity contribution in [3.63, 3.8) is 0 Å². The second-order valence-electron chi connectivity index (χ2n) is 4.39. The summed E-state index contributed by atoms with van der Waals surface area (Å²) in [5.41, 5.74) is 1.93. The van der Waals surface area contributed by atoms with Gasteiger partial charge in [-0.1, -0.05) is 23.2 Å². The smallest absolute Gasteiger partial charge is 0.139 e. The minimum atomic E-state index is -0.0746. The van der Waals surface area contributed by atoms with E-state index in [2.05, 4.69) is 5.32 Å². The fourth-order valence-corrected chi connectivity index (χ4v) is 2.69. The molecule has 5 heteroatoms. The normalized spacial score (nSPS) is 12.4. The molecule has 0 aliphatic carbocycles. The van der Waals surface area contributed by atoms with Crippen LogP contribution < -0.4 is 10.1 Å². The molecule has 0 saturated heterocycles. The Balaban J connectivity index is 2.45. The van der Waals surface area contributed by atoms with Crippen molar-refractivity contribution in [1.82, 2.24) is 5.32 Å². The van der Waals surface area contributed by atoms with E-state index in [0.717, 1.165) is 16.9 Å². The molecule has 0 aliphatic rings. The first-order chi connectivity index (χ1) is 9.58. The van der Waals surface area contributed by atoms with Gasteiger partial charge in [0.15, 0.2) is 0 Å². The lowest BCUT2D eigenvalue weighted by molar-refractivity contribution is 0.340. The minimum Gasteiger partial charge on any atom is -0.492 e. The van der Waals surface area contributed by atoms with Crippen LogP contribution in [0.25, 0.3) is 0 Å². The molecule has 0 radical (unpaired) electrons. The van der Waals surface area contributed by atoms with Gasteiger partial charge in [-0.15, -0.1) is 0 Å². The Bertz CT molecular complexity index is 596. The van der Waals surface area contributed by atoms with E-state index in [0.29, 0.717) is 22.4 Å². The predicted octanol–water partition coefficient (Wildman–Crippen LogP) is 4.60. The van der Waals surface area contributed by atoms with Crippen LogP contribution in [-0.4, -0.2) is 13.7 Å². The molecular formula is C15H17Cl2NO2. The third-order valence-corrected chi connectivity index (χ3v) is 3.78. The maximum absolute atomic E-state index is 6.37.